The third-order valence-electron chi connectivity index (χ3n) is 5.45. The molecule has 0 radical (unpaired) electrons. The maximum absolute atomic E-state index is 12.4. The summed E-state index contributed by atoms with van der Waals surface area (Å²) in [5.74, 6) is 0.688. The van der Waals surface area contributed by atoms with Crippen LogP contribution < -0.4 is 0 Å². The van der Waals surface area contributed by atoms with E-state index in [0.29, 0.717) is 23.8 Å². The van der Waals surface area contributed by atoms with Gasteiger partial charge in [-0.1, -0.05) is 6.42 Å². The van der Waals surface area contributed by atoms with Crippen LogP contribution in [0.2, 0.25) is 0 Å². The second-order valence-corrected chi connectivity index (χ2v) is 7.26. The van der Waals surface area contributed by atoms with E-state index in [1.807, 2.05) is 23.9 Å². The van der Waals surface area contributed by atoms with Gasteiger partial charge in [-0.15, -0.1) is 0 Å². The van der Waals surface area contributed by atoms with E-state index in [1.165, 1.54) is 19.3 Å². The van der Waals surface area contributed by atoms with E-state index in [4.69, 9.17) is 0 Å². The molecule has 1 atom stereocenters. The van der Waals surface area contributed by atoms with Gasteiger partial charge in [0.25, 0.3) is 0 Å². The molecule has 2 saturated carbocycles. The van der Waals surface area contributed by atoms with E-state index < -0.39 is 5.60 Å². The number of hydrogen-bond donors (Lipinski definition) is 1. The van der Waals surface area contributed by atoms with Crippen molar-refractivity contribution >= 4 is 5.91 Å². The van der Waals surface area contributed by atoms with Crippen LogP contribution in [0.3, 0.4) is 0 Å². The Morgan fingerprint density at radius 1 is 1.26 bits per heavy atom. The van der Waals surface area contributed by atoms with E-state index in [1.54, 1.807) is 0 Å². The summed E-state index contributed by atoms with van der Waals surface area (Å²) in [7, 11) is 3.97. The Hall–Kier alpha value is -0.610. The van der Waals surface area contributed by atoms with Crippen LogP contribution in [0, 0.1) is 11.3 Å². The van der Waals surface area contributed by atoms with Crippen LogP contribution in [-0.2, 0) is 4.79 Å². The fourth-order valence-electron chi connectivity index (χ4n) is 3.99. The zero-order chi connectivity index (χ0) is 13.7. The number of piperidine rings is 1. The number of carbonyl (C=O) groups excluding carboxylic acids is 1. The number of hydrogen-bond acceptors (Lipinski definition) is 3. The monoisotopic (exact) mass is 266 g/mol. The first-order valence-electron chi connectivity index (χ1n) is 7.60. The lowest BCUT2D eigenvalue weighted by atomic mass is 9.79. The average molecular weight is 266 g/mol. The maximum Gasteiger partial charge on any atom is 0.226 e. The summed E-state index contributed by atoms with van der Waals surface area (Å²) >= 11 is 0. The first-order chi connectivity index (χ1) is 8.94. The van der Waals surface area contributed by atoms with Crippen molar-refractivity contribution in [3.63, 3.8) is 0 Å². The van der Waals surface area contributed by atoms with E-state index >= 15 is 0 Å². The van der Waals surface area contributed by atoms with Crippen LogP contribution in [0.25, 0.3) is 0 Å². The van der Waals surface area contributed by atoms with E-state index in [2.05, 4.69) is 0 Å². The van der Waals surface area contributed by atoms with Crippen molar-refractivity contribution < 1.29 is 9.90 Å². The lowest BCUT2D eigenvalue weighted by Gasteiger charge is -2.40. The third-order valence-corrected chi connectivity index (χ3v) is 5.45. The van der Waals surface area contributed by atoms with Crippen molar-refractivity contribution in [2.75, 3.05) is 33.7 Å². The highest BCUT2D eigenvalue weighted by atomic mass is 16.3. The van der Waals surface area contributed by atoms with E-state index in [0.717, 1.165) is 32.4 Å². The molecule has 0 bridgehead atoms. The minimum Gasteiger partial charge on any atom is -0.388 e. The first kappa shape index (κ1) is 13.4. The van der Waals surface area contributed by atoms with Crippen molar-refractivity contribution in [1.29, 1.82) is 0 Å². The predicted octanol–water partition coefficient (Wildman–Crippen LogP) is 1.09. The molecular weight excluding hydrogens is 240 g/mol. The molecule has 1 saturated heterocycles. The minimum atomic E-state index is -0.599. The minimum absolute atomic E-state index is 0.321. The van der Waals surface area contributed by atoms with Crippen LogP contribution in [0.4, 0.5) is 0 Å². The second kappa shape index (κ2) is 4.45. The molecule has 1 unspecified atom stereocenters. The van der Waals surface area contributed by atoms with Crippen molar-refractivity contribution in [2.24, 2.45) is 11.3 Å². The van der Waals surface area contributed by atoms with E-state index in [-0.39, 0.29) is 0 Å². The maximum atomic E-state index is 12.4. The SMILES string of the molecule is CN(C)CC1(O)CCN(C(=O)C2CC23CCC3)CC1. The number of likely N-dealkylation sites (tertiary alicyclic amines) is 1. The first-order valence-corrected chi connectivity index (χ1v) is 7.60. The van der Waals surface area contributed by atoms with Gasteiger partial charge in [0.05, 0.1) is 5.60 Å². The van der Waals surface area contributed by atoms with Gasteiger partial charge < -0.3 is 14.9 Å². The van der Waals surface area contributed by atoms with Crippen LogP contribution in [0.1, 0.15) is 38.5 Å². The quantitative estimate of drug-likeness (QED) is 0.831. The van der Waals surface area contributed by atoms with Gasteiger partial charge in [0.15, 0.2) is 0 Å². The van der Waals surface area contributed by atoms with E-state index in [9.17, 15) is 9.90 Å². The molecule has 4 heteroatoms. The fraction of sp³-hybridized carbons (Fsp3) is 0.933. The van der Waals surface area contributed by atoms with Gasteiger partial charge in [0.2, 0.25) is 5.91 Å². The molecule has 0 aromatic rings. The molecule has 3 aliphatic rings. The number of aliphatic hydroxyl groups is 1. The topological polar surface area (TPSA) is 43.8 Å². The van der Waals surface area contributed by atoms with Crippen LogP contribution in [0.15, 0.2) is 0 Å². The standard InChI is InChI=1S/C15H26N2O2/c1-16(2)11-15(19)6-8-17(9-7-15)13(18)12-10-14(12)4-3-5-14/h12,19H,3-11H2,1-2H3. The second-order valence-electron chi connectivity index (χ2n) is 7.26. The molecule has 1 aliphatic heterocycles. The molecule has 3 fully saturated rings. The molecule has 3 rings (SSSR count). The number of nitrogens with zero attached hydrogens (tertiary/aromatic N) is 2. The fourth-order valence-corrected chi connectivity index (χ4v) is 3.99. The number of amides is 1. The highest BCUT2D eigenvalue weighted by molar-refractivity contribution is 5.83. The highest BCUT2D eigenvalue weighted by Gasteiger charge is 2.61. The molecule has 1 amide bonds. The number of likely N-dealkylation sites (N-methyl/N-ethyl adjacent to an activating group) is 1. The average Bonchev–Trinajstić information content (AvgIpc) is 3.02. The Kier molecular flexibility index (Phi) is 3.13. The Balaban J connectivity index is 1.51. The zero-order valence-electron chi connectivity index (χ0n) is 12.2. The molecule has 4 nitrogen and oxygen atoms in total. The Labute approximate surface area is 115 Å². The normalized spacial score (nSPS) is 31.4. The van der Waals surface area contributed by atoms with Gasteiger partial charge >= 0.3 is 0 Å². The van der Waals surface area contributed by atoms with Gasteiger partial charge in [0, 0.05) is 25.6 Å². The molecule has 0 aromatic heterocycles. The molecule has 108 valence electrons. The molecule has 19 heavy (non-hydrogen) atoms. The van der Waals surface area contributed by atoms with Crippen molar-refractivity contribution in [2.45, 2.75) is 44.1 Å². The Morgan fingerprint density at radius 2 is 1.89 bits per heavy atom. The van der Waals surface area contributed by atoms with Crippen LogP contribution in [-0.4, -0.2) is 60.1 Å². The lowest BCUT2D eigenvalue weighted by molar-refractivity contribution is -0.138. The number of carbonyl (C=O) groups is 1. The molecule has 1 spiro atoms. The van der Waals surface area contributed by atoms with Crippen molar-refractivity contribution in [3.05, 3.63) is 0 Å². The van der Waals surface area contributed by atoms with Crippen molar-refractivity contribution in [1.82, 2.24) is 9.80 Å². The van der Waals surface area contributed by atoms with Crippen LogP contribution in [0.5, 0.6) is 0 Å². The molecule has 0 aromatic carbocycles. The zero-order valence-corrected chi connectivity index (χ0v) is 12.2. The third kappa shape index (κ3) is 2.40. The predicted molar refractivity (Wildman–Crippen MR) is 73.7 cm³/mol. The van der Waals surface area contributed by atoms with Gasteiger partial charge in [-0.05, 0) is 51.6 Å². The Bertz CT molecular complexity index is 368. The summed E-state index contributed by atoms with van der Waals surface area (Å²) in [5, 5.41) is 10.5. The highest BCUT2D eigenvalue weighted by Crippen LogP contribution is 2.66. The summed E-state index contributed by atoms with van der Waals surface area (Å²) in [4.78, 5) is 16.5. The summed E-state index contributed by atoms with van der Waals surface area (Å²) in [6.45, 7) is 2.16. The van der Waals surface area contributed by atoms with Gasteiger partial charge in [0.1, 0.15) is 0 Å². The van der Waals surface area contributed by atoms with Gasteiger partial charge in [-0.2, -0.15) is 0 Å². The summed E-state index contributed by atoms with van der Waals surface area (Å²) in [6, 6.07) is 0. The largest absolute Gasteiger partial charge is 0.388 e. The van der Waals surface area contributed by atoms with Gasteiger partial charge in [-0.3, -0.25) is 4.79 Å². The molecule has 1 heterocycles. The van der Waals surface area contributed by atoms with Crippen molar-refractivity contribution in [3.8, 4) is 0 Å². The summed E-state index contributed by atoms with van der Waals surface area (Å²) < 4.78 is 0. The molecule has 1 N–H and O–H groups in total. The lowest BCUT2D eigenvalue weighted by Crippen LogP contribution is -2.51. The summed E-state index contributed by atoms with van der Waals surface area (Å²) in [6.07, 6.45) is 6.41. The summed E-state index contributed by atoms with van der Waals surface area (Å²) in [5.41, 5.74) is -0.174. The number of rotatable bonds is 3. The van der Waals surface area contributed by atoms with Gasteiger partial charge in [-0.25, -0.2) is 0 Å². The van der Waals surface area contributed by atoms with Crippen LogP contribution >= 0.6 is 0 Å². The smallest absolute Gasteiger partial charge is 0.226 e. The molecular formula is C15H26N2O2. The Morgan fingerprint density at radius 3 is 2.32 bits per heavy atom. The molecule has 2 aliphatic carbocycles.